The Labute approximate surface area is 303 Å². The highest BCUT2D eigenvalue weighted by Crippen LogP contribution is 2.40. The molecule has 8 aromatic carbocycles. The minimum atomic E-state index is -0.162. The van der Waals surface area contributed by atoms with Gasteiger partial charge in [-0.2, -0.15) is 0 Å². The fourth-order valence-corrected chi connectivity index (χ4v) is 7.65. The summed E-state index contributed by atoms with van der Waals surface area (Å²) < 4.78 is 2.42. The third-order valence-electron chi connectivity index (χ3n) is 10.2. The molecule has 0 saturated carbocycles. The van der Waals surface area contributed by atoms with Gasteiger partial charge in [-0.25, -0.2) is 4.99 Å². The van der Waals surface area contributed by atoms with E-state index in [0.717, 1.165) is 39.5 Å². The van der Waals surface area contributed by atoms with Crippen molar-refractivity contribution in [2.45, 2.75) is 19.9 Å². The van der Waals surface area contributed by atoms with E-state index < -0.39 is 0 Å². The van der Waals surface area contributed by atoms with Crippen molar-refractivity contribution in [1.82, 2.24) is 4.57 Å². The predicted molar refractivity (Wildman–Crippen MR) is 221 cm³/mol. The largest absolute Gasteiger partial charge is 0.309 e. The van der Waals surface area contributed by atoms with Gasteiger partial charge in [-0.1, -0.05) is 164 Å². The summed E-state index contributed by atoms with van der Waals surface area (Å²) in [5.41, 5.74) is 10.1. The molecule has 0 saturated heterocycles. The molecule has 9 aromatic rings. The summed E-state index contributed by atoms with van der Waals surface area (Å²) in [4.78, 5) is 10.5. The fraction of sp³-hybridized carbons (Fsp3) is 0.0612. The smallest absolute Gasteiger partial charge is 0.155 e. The number of nitrogens with zero attached hydrogens (tertiary/aromatic N) is 3. The number of aliphatic imine (C=N–C) groups is 2. The molecule has 9 rings (SSSR count). The van der Waals surface area contributed by atoms with Crippen molar-refractivity contribution in [2.24, 2.45) is 9.98 Å². The Bertz CT molecular complexity index is 2790. The zero-order chi connectivity index (χ0) is 35.0. The molecular weight excluding hydrogens is 631 g/mol. The molecular formula is C49H37N3. The summed E-state index contributed by atoms with van der Waals surface area (Å²) in [5.74, 6) is 0.725. The number of para-hydroxylation sites is 1. The molecule has 1 heterocycles. The predicted octanol–water partition coefficient (Wildman–Crippen LogP) is 12.8. The van der Waals surface area contributed by atoms with Crippen molar-refractivity contribution < 1.29 is 0 Å². The van der Waals surface area contributed by atoms with Gasteiger partial charge in [0.15, 0.2) is 5.84 Å². The number of hydrogen-bond acceptors (Lipinski definition) is 1. The Morgan fingerprint density at radius 3 is 1.81 bits per heavy atom. The van der Waals surface area contributed by atoms with E-state index >= 15 is 0 Å². The van der Waals surface area contributed by atoms with Crippen LogP contribution in [0.5, 0.6) is 0 Å². The first-order valence-corrected chi connectivity index (χ1v) is 17.9. The number of benzene rings is 8. The molecule has 0 fully saturated rings. The van der Waals surface area contributed by atoms with Crippen molar-refractivity contribution in [3.05, 3.63) is 199 Å². The van der Waals surface area contributed by atoms with Crippen LogP contribution in [-0.2, 0) is 0 Å². The molecule has 1 atom stereocenters. The molecule has 248 valence electrons. The van der Waals surface area contributed by atoms with Crippen LogP contribution in [0.15, 0.2) is 192 Å². The Morgan fingerprint density at radius 1 is 0.500 bits per heavy atom. The average Bonchev–Trinajstić information content (AvgIpc) is 3.56. The van der Waals surface area contributed by atoms with Crippen LogP contribution in [0, 0.1) is 0 Å². The van der Waals surface area contributed by atoms with Gasteiger partial charge in [0.25, 0.3) is 0 Å². The lowest BCUT2D eigenvalue weighted by Crippen LogP contribution is -2.06. The van der Waals surface area contributed by atoms with E-state index in [1.807, 2.05) is 36.4 Å². The number of hydrogen-bond donors (Lipinski definition) is 0. The van der Waals surface area contributed by atoms with Crippen LogP contribution >= 0.6 is 0 Å². The Hall–Kier alpha value is -6.58. The maximum atomic E-state index is 5.36. The molecule has 0 amide bonds. The van der Waals surface area contributed by atoms with Crippen LogP contribution in [0.1, 0.15) is 36.6 Å². The SMILES string of the molecule is CC(=NC(=NC(C)c1ccc2ccccc2c1-c1ccc(-n2c3ccccc3c3ccc4ccccc4c32)cc1)c1ccccc1)c1ccccc1. The van der Waals surface area contributed by atoms with Gasteiger partial charge in [-0.15, -0.1) is 0 Å². The molecule has 1 unspecified atom stereocenters. The molecule has 0 N–H and O–H groups in total. The van der Waals surface area contributed by atoms with E-state index in [9.17, 15) is 0 Å². The molecule has 3 heteroatoms. The molecule has 1 aromatic heterocycles. The molecule has 0 aliphatic rings. The molecule has 0 radical (unpaired) electrons. The lowest BCUT2D eigenvalue weighted by atomic mass is 9.90. The topological polar surface area (TPSA) is 29.6 Å². The maximum absolute atomic E-state index is 5.36. The minimum Gasteiger partial charge on any atom is -0.309 e. The summed E-state index contributed by atoms with van der Waals surface area (Å²) >= 11 is 0. The van der Waals surface area contributed by atoms with E-state index in [1.54, 1.807) is 0 Å². The Kier molecular flexibility index (Phi) is 8.02. The molecule has 0 spiro atoms. The van der Waals surface area contributed by atoms with Gasteiger partial charge in [0.05, 0.1) is 17.1 Å². The molecule has 52 heavy (non-hydrogen) atoms. The van der Waals surface area contributed by atoms with Gasteiger partial charge >= 0.3 is 0 Å². The highest BCUT2D eigenvalue weighted by Gasteiger charge is 2.18. The second kappa shape index (κ2) is 13.3. The highest BCUT2D eigenvalue weighted by atomic mass is 15.0. The fourth-order valence-electron chi connectivity index (χ4n) is 7.65. The van der Waals surface area contributed by atoms with E-state index in [4.69, 9.17) is 9.98 Å². The Balaban J connectivity index is 1.20. The van der Waals surface area contributed by atoms with Crippen LogP contribution in [0.3, 0.4) is 0 Å². The van der Waals surface area contributed by atoms with Gasteiger partial charge in [0, 0.05) is 33.1 Å². The maximum Gasteiger partial charge on any atom is 0.155 e. The Morgan fingerprint density at radius 2 is 1.08 bits per heavy atom. The summed E-state index contributed by atoms with van der Waals surface area (Å²) in [5, 5.41) is 7.43. The average molecular weight is 668 g/mol. The normalized spacial score (nSPS) is 13.0. The zero-order valence-corrected chi connectivity index (χ0v) is 29.2. The van der Waals surface area contributed by atoms with E-state index in [1.165, 1.54) is 48.9 Å². The van der Waals surface area contributed by atoms with Crippen LogP contribution < -0.4 is 0 Å². The quantitative estimate of drug-likeness (QED) is 0.125. The van der Waals surface area contributed by atoms with E-state index in [-0.39, 0.29) is 6.04 Å². The van der Waals surface area contributed by atoms with Crippen molar-refractivity contribution in [3.63, 3.8) is 0 Å². The summed E-state index contributed by atoms with van der Waals surface area (Å²) in [6.07, 6.45) is 0. The van der Waals surface area contributed by atoms with Crippen LogP contribution in [-0.4, -0.2) is 16.1 Å². The van der Waals surface area contributed by atoms with E-state index in [0.29, 0.717) is 0 Å². The van der Waals surface area contributed by atoms with Crippen LogP contribution in [0.25, 0.3) is 60.2 Å². The van der Waals surface area contributed by atoms with Gasteiger partial charge in [0.2, 0.25) is 0 Å². The molecule has 3 nitrogen and oxygen atoms in total. The number of rotatable bonds is 6. The van der Waals surface area contributed by atoms with Gasteiger partial charge in [-0.05, 0) is 70.5 Å². The van der Waals surface area contributed by atoms with Gasteiger partial charge in [-0.3, -0.25) is 4.99 Å². The number of fused-ring (bicyclic) bond motifs is 6. The highest BCUT2D eigenvalue weighted by molar-refractivity contribution is 6.18. The molecule has 0 aliphatic carbocycles. The van der Waals surface area contributed by atoms with Crippen LogP contribution in [0.4, 0.5) is 0 Å². The van der Waals surface area contributed by atoms with Gasteiger partial charge < -0.3 is 4.57 Å². The second-order valence-corrected chi connectivity index (χ2v) is 13.4. The number of aromatic nitrogens is 1. The lowest BCUT2D eigenvalue weighted by Gasteiger charge is -2.18. The number of amidine groups is 1. The minimum absolute atomic E-state index is 0.162. The summed E-state index contributed by atoms with van der Waals surface area (Å²) in [6, 6.07) is 64.6. The molecule has 0 aliphatic heterocycles. The second-order valence-electron chi connectivity index (χ2n) is 13.4. The van der Waals surface area contributed by atoms with Crippen molar-refractivity contribution in [2.75, 3.05) is 0 Å². The third kappa shape index (κ3) is 5.57. The van der Waals surface area contributed by atoms with Crippen molar-refractivity contribution in [3.8, 4) is 16.8 Å². The lowest BCUT2D eigenvalue weighted by molar-refractivity contribution is 0.822. The van der Waals surface area contributed by atoms with Crippen LogP contribution in [0.2, 0.25) is 0 Å². The molecule has 0 bridgehead atoms. The first kappa shape index (κ1) is 31.4. The van der Waals surface area contributed by atoms with Crippen molar-refractivity contribution >= 4 is 54.9 Å². The standard InChI is InChI=1S/C49H37N3/c1-33(35-15-5-3-6-16-35)50-49(39-19-7-4-8-20-39)51-34(2)41-31-27-36-17-9-11-21-42(36)47(41)38-25-29-40(30-26-38)52-46-24-14-13-23-44(46)45-32-28-37-18-10-12-22-43(37)48(45)52/h3-32,34H,1-2H3. The monoisotopic (exact) mass is 667 g/mol. The summed E-state index contributed by atoms with van der Waals surface area (Å²) in [6.45, 7) is 4.24. The zero-order valence-electron chi connectivity index (χ0n) is 29.2. The van der Waals surface area contributed by atoms with Gasteiger partial charge in [0.1, 0.15) is 0 Å². The first-order chi connectivity index (χ1) is 25.6. The third-order valence-corrected chi connectivity index (χ3v) is 10.2. The first-order valence-electron chi connectivity index (χ1n) is 17.9. The summed E-state index contributed by atoms with van der Waals surface area (Å²) in [7, 11) is 0. The van der Waals surface area contributed by atoms with E-state index in [2.05, 4.69) is 164 Å². The van der Waals surface area contributed by atoms with Crippen molar-refractivity contribution in [1.29, 1.82) is 0 Å².